The highest BCUT2D eigenvalue weighted by Gasteiger charge is 2.44. The van der Waals surface area contributed by atoms with E-state index in [-0.39, 0.29) is 28.5 Å². The molecule has 1 amide bonds. The minimum Gasteiger partial charge on any atom is -0.268 e. The van der Waals surface area contributed by atoms with Gasteiger partial charge in [-0.25, -0.2) is 9.29 Å². The molecule has 0 aliphatic carbocycles. The lowest BCUT2D eigenvalue weighted by atomic mass is 9.82. The van der Waals surface area contributed by atoms with E-state index in [0.717, 1.165) is 4.31 Å². The summed E-state index contributed by atoms with van der Waals surface area (Å²) in [6.45, 7) is 6.23. The number of alkyl halides is 1. The Labute approximate surface area is 127 Å². The third kappa shape index (κ3) is 2.48. The van der Waals surface area contributed by atoms with E-state index in [2.05, 4.69) is 20.9 Å². The number of rotatable bonds is 3. The van der Waals surface area contributed by atoms with Gasteiger partial charge in [-0.1, -0.05) is 36.7 Å². The van der Waals surface area contributed by atoms with Gasteiger partial charge in [-0.05, 0) is 23.5 Å². The van der Waals surface area contributed by atoms with E-state index in [1.165, 1.54) is 12.3 Å². The topological polar surface area (TPSA) is 67.3 Å². The summed E-state index contributed by atoms with van der Waals surface area (Å²) in [7, 11) is -3.81. The minimum absolute atomic E-state index is 0.0236. The molecule has 0 saturated carbocycles. The Bertz CT molecular complexity index is 637. The normalized spacial score (nSPS) is 19.0. The van der Waals surface area contributed by atoms with Crippen LogP contribution in [-0.4, -0.2) is 35.5 Å². The highest BCUT2D eigenvalue weighted by atomic mass is 79.9. The Morgan fingerprint density at radius 3 is 2.55 bits per heavy atom. The van der Waals surface area contributed by atoms with Crippen LogP contribution in [0.15, 0.2) is 23.4 Å². The van der Waals surface area contributed by atoms with Gasteiger partial charge in [0.1, 0.15) is 0 Å². The molecule has 0 radical (unpaired) electrons. The van der Waals surface area contributed by atoms with E-state index in [4.69, 9.17) is 0 Å². The second kappa shape index (κ2) is 5.11. The molecule has 0 spiro atoms. The summed E-state index contributed by atoms with van der Waals surface area (Å²) in [5, 5.41) is 0.492. The number of sulfonamides is 1. The van der Waals surface area contributed by atoms with E-state index in [0.29, 0.717) is 5.33 Å². The molecule has 1 aromatic heterocycles. The molecule has 1 unspecified atom stereocenters. The third-order valence-electron chi connectivity index (χ3n) is 3.56. The Hall–Kier alpha value is -0.950. The van der Waals surface area contributed by atoms with Crippen LogP contribution in [0.2, 0.25) is 0 Å². The first-order valence-corrected chi connectivity index (χ1v) is 8.84. The van der Waals surface area contributed by atoms with Crippen LogP contribution in [0.1, 0.15) is 31.1 Å². The quantitative estimate of drug-likeness (QED) is 0.775. The summed E-state index contributed by atoms with van der Waals surface area (Å²) in [6.07, 6.45) is 1.39. The molecule has 0 aromatic carbocycles. The van der Waals surface area contributed by atoms with Crippen LogP contribution < -0.4 is 0 Å². The second-order valence-corrected chi connectivity index (χ2v) is 8.34. The van der Waals surface area contributed by atoms with E-state index in [1.54, 1.807) is 6.07 Å². The van der Waals surface area contributed by atoms with Gasteiger partial charge in [0.2, 0.25) is 0 Å². The summed E-state index contributed by atoms with van der Waals surface area (Å²) in [4.78, 5) is 16.1. The van der Waals surface area contributed by atoms with Gasteiger partial charge in [0.05, 0.1) is 5.56 Å². The van der Waals surface area contributed by atoms with Gasteiger partial charge < -0.3 is 0 Å². The van der Waals surface area contributed by atoms with E-state index < -0.39 is 15.9 Å². The zero-order valence-electron chi connectivity index (χ0n) is 11.6. The number of amides is 1. The second-order valence-electron chi connectivity index (χ2n) is 5.91. The average Bonchev–Trinajstić information content (AvgIpc) is 2.55. The van der Waals surface area contributed by atoms with Crippen molar-refractivity contribution in [3.63, 3.8) is 0 Å². The highest BCUT2D eigenvalue weighted by molar-refractivity contribution is 9.09. The Balaban J connectivity index is 2.39. The maximum atomic E-state index is 12.4. The van der Waals surface area contributed by atoms with Crippen LogP contribution in [-0.2, 0) is 10.0 Å². The maximum Gasteiger partial charge on any atom is 0.285 e. The molecule has 0 fully saturated rings. The number of aromatic nitrogens is 1. The molecule has 2 heterocycles. The van der Waals surface area contributed by atoms with Gasteiger partial charge in [0, 0.05) is 18.1 Å². The largest absolute Gasteiger partial charge is 0.285 e. The van der Waals surface area contributed by atoms with Crippen molar-refractivity contribution >= 4 is 31.9 Å². The Kier molecular flexibility index (Phi) is 3.94. The number of halogens is 1. The van der Waals surface area contributed by atoms with Crippen LogP contribution in [0.3, 0.4) is 0 Å². The third-order valence-corrected chi connectivity index (χ3v) is 6.05. The van der Waals surface area contributed by atoms with Crippen molar-refractivity contribution in [3.8, 4) is 0 Å². The van der Waals surface area contributed by atoms with Gasteiger partial charge in [-0.3, -0.25) is 4.79 Å². The Morgan fingerprint density at radius 2 is 2.05 bits per heavy atom. The minimum atomic E-state index is -3.81. The van der Waals surface area contributed by atoms with Crippen molar-refractivity contribution < 1.29 is 13.2 Å². The molecule has 2 rings (SSSR count). The maximum absolute atomic E-state index is 12.4. The molecule has 7 heteroatoms. The molecule has 0 bridgehead atoms. The van der Waals surface area contributed by atoms with E-state index >= 15 is 0 Å². The van der Waals surface area contributed by atoms with Crippen molar-refractivity contribution in [2.45, 2.75) is 25.8 Å². The molecule has 0 saturated heterocycles. The fraction of sp³-hybridized carbons (Fsp3) is 0.538. The van der Waals surface area contributed by atoms with Crippen LogP contribution in [0, 0.1) is 11.3 Å². The predicted octanol–water partition coefficient (Wildman–Crippen LogP) is 2.28. The van der Waals surface area contributed by atoms with E-state index in [1.807, 2.05) is 20.8 Å². The summed E-state index contributed by atoms with van der Waals surface area (Å²) in [5.41, 5.74) is 0.0522. The van der Waals surface area contributed by atoms with Crippen LogP contribution in [0.5, 0.6) is 0 Å². The van der Waals surface area contributed by atoms with Gasteiger partial charge in [0.15, 0.2) is 5.03 Å². The summed E-state index contributed by atoms with van der Waals surface area (Å²) >= 11 is 3.40. The SMILES string of the molecule is CC(C)(C)C(CBr)CN1C(=O)c2cccnc2S1(=O)=O. The molecule has 110 valence electrons. The number of carbonyl (C=O) groups excluding carboxylic acids is 1. The molecular weight excluding hydrogens is 344 g/mol. The lowest BCUT2D eigenvalue weighted by Crippen LogP contribution is -2.39. The monoisotopic (exact) mass is 360 g/mol. The number of pyridine rings is 1. The number of nitrogens with zero attached hydrogens (tertiary/aromatic N) is 2. The zero-order chi connectivity index (χ0) is 15.1. The van der Waals surface area contributed by atoms with Crippen molar-refractivity contribution in [1.82, 2.24) is 9.29 Å². The fourth-order valence-electron chi connectivity index (χ4n) is 2.04. The summed E-state index contributed by atoms with van der Waals surface area (Å²) < 4.78 is 25.7. The Morgan fingerprint density at radius 1 is 1.40 bits per heavy atom. The number of hydrogen-bond acceptors (Lipinski definition) is 4. The first-order chi connectivity index (χ1) is 9.19. The van der Waals surface area contributed by atoms with Crippen molar-refractivity contribution in [1.29, 1.82) is 0 Å². The lowest BCUT2D eigenvalue weighted by Gasteiger charge is -2.31. The number of hydrogen-bond donors (Lipinski definition) is 0. The predicted molar refractivity (Wildman–Crippen MR) is 79.2 cm³/mol. The van der Waals surface area contributed by atoms with Crippen LogP contribution >= 0.6 is 15.9 Å². The molecule has 1 aromatic rings. The molecule has 0 N–H and O–H groups in total. The molecular formula is C13H17BrN2O3S. The van der Waals surface area contributed by atoms with Crippen LogP contribution in [0.4, 0.5) is 0 Å². The molecule has 5 nitrogen and oxygen atoms in total. The van der Waals surface area contributed by atoms with Gasteiger partial charge in [-0.15, -0.1) is 0 Å². The van der Waals surface area contributed by atoms with E-state index in [9.17, 15) is 13.2 Å². The standard InChI is InChI=1S/C13H17BrN2O3S/c1-13(2,3)9(7-14)8-16-12(17)10-5-4-6-15-11(10)20(16,18)19/h4-6,9H,7-8H2,1-3H3. The van der Waals surface area contributed by atoms with Gasteiger partial charge in [0.25, 0.3) is 15.9 Å². The van der Waals surface area contributed by atoms with Gasteiger partial charge in [-0.2, -0.15) is 8.42 Å². The molecule has 20 heavy (non-hydrogen) atoms. The molecule has 1 aliphatic rings. The van der Waals surface area contributed by atoms with Crippen molar-refractivity contribution in [3.05, 3.63) is 23.9 Å². The number of carbonyl (C=O) groups is 1. The fourth-order valence-corrected chi connectivity index (χ4v) is 4.75. The lowest BCUT2D eigenvalue weighted by molar-refractivity contribution is 0.0836. The smallest absolute Gasteiger partial charge is 0.268 e. The first-order valence-electron chi connectivity index (χ1n) is 6.27. The molecule has 1 aliphatic heterocycles. The van der Waals surface area contributed by atoms with Crippen molar-refractivity contribution in [2.24, 2.45) is 11.3 Å². The zero-order valence-corrected chi connectivity index (χ0v) is 14.0. The highest BCUT2D eigenvalue weighted by Crippen LogP contribution is 2.34. The van der Waals surface area contributed by atoms with Crippen LogP contribution in [0.25, 0.3) is 0 Å². The average molecular weight is 361 g/mol. The molecule has 1 atom stereocenters. The van der Waals surface area contributed by atoms with Gasteiger partial charge >= 0.3 is 0 Å². The first kappa shape index (κ1) is 15.4. The summed E-state index contributed by atoms with van der Waals surface area (Å²) in [6, 6.07) is 3.07. The summed E-state index contributed by atoms with van der Waals surface area (Å²) in [5.74, 6) is -0.459. The number of fused-ring (bicyclic) bond motifs is 1. The van der Waals surface area contributed by atoms with Crippen molar-refractivity contribution in [2.75, 3.05) is 11.9 Å².